The number of ether oxygens (including phenoxy) is 1. The molecule has 0 fully saturated rings. The maximum atomic E-state index is 12.5. The fourth-order valence-electron chi connectivity index (χ4n) is 3.37. The third-order valence-corrected chi connectivity index (χ3v) is 7.54. The monoisotopic (exact) mass is 492 g/mol. The van der Waals surface area contributed by atoms with Gasteiger partial charge in [-0.25, -0.2) is 8.42 Å². The van der Waals surface area contributed by atoms with Gasteiger partial charge in [0.15, 0.2) is 0 Å². The Kier molecular flexibility index (Phi) is 7.33. The molecule has 0 aliphatic carbocycles. The molecule has 1 amide bonds. The SMILES string of the molecule is CCN(CC)S(=O)(=O)c1ccc(/C=C/C(=O)NC2CCOc3ccc(Br)cc32)cc1. The molecule has 1 N–H and O–H groups in total. The van der Waals surface area contributed by atoms with Crippen molar-refractivity contribution in [1.29, 1.82) is 0 Å². The van der Waals surface area contributed by atoms with Gasteiger partial charge in [-0.15, -0.1) is 0 Å². The standard InChI is InChI=1S/C22H25BrN2O4S/c1-3-25(4-2)30(27,28)18-9-5-16(6-10-18)7-12-22(26)24-20-13-14-29-21-11-8-17(23)15-19(20)21/h5-12,15,20H,3-4,13-14H2,1-2H3,(H,24,26)/b12-7+. The summed E-state index contributed by atoms with van der Waals surface area (Å²) in [6.45, 7) is 5.02. The van der Waals surface area contributed by atoms with Gasteiger partial charge in [0, 0.05) is 35.6 Å². The van der Waals surface area contributed by atoms with Gasteiger partial charge in [0.2, 0.25) is 15.9 Å². The molecular weight excluding hydrogens is 468 g/mol. The van der Waals surface area contributed by atoms with Gasteiger partial charge >= 0.3 is 0 Å². The van der Waals surface area contributed by atoms with Crippen LogP contribution in [-0.2, 0) is 14.8 Å². The lowest BCUT2D eigenvalue weighted by molar-refractivity contribution is -0.117. The van der Waals surface area contributed by atoms with Crippen molar-refractivity contribution < 1.29 is 17.9 Å². The lowest BCUT2D eigenvalue weighted by Crippen LogP contribution is -2.31. The highest BCUT2D eigenvalue weighted by Crippen LogP contribution is 2.34. The van der Waals surface area contributed by atoms with Crippen LogP contribution in [0.5, 0.6) is 5.75 Å². The van der Waals surface area contributed by atoms with E-state index in [0.29, 0.717) is 26.1 Å². The van der Waals surface area contributed by atoms with Crippen molar-refractivity contribution in [3.05, 3.63) is 64.1 Å². The van der Waals surface area contributed by atoms with E-state index in [2.05, 4.69) is 21.2 Å². The van der Waals surface area contributed by atoms with Crippen molar-refractivity contribution in [2.45, 2.75) is 31.2 Å². The van der Waals surface area contributed by atoms with Crippen molar-refractivity contribution >= 4 is 37.9 Å². The molecule has 30 heavy (non-hydrogen) atoms. The second-order valence-electron chi connectivity index (χ2n) is 6.87. The number of nitrogens with zero attached hydrogens (tertiary/aromatic N) is 1. The molecule has 2 aromatic rings. The predicted octanol–water partition coefficient (Wildman–Crippen LogP) is 4.13. The van der Waals surface area contributed by atoms with Crippen LogP contribution in [0.25, 0.3) is 6.08 Å². The average Bonchev–Trinajstić information content (AvgIpc) is 2.73. The maximum Gasteiger partial charge on any atom is 0.244 e. The van der Waals surface area contributed by atoms with Crippen LogP contribution < -0.4 is 10.1 Å². The lowest BCUT2D eigenvalue weighted by Gasteiger charge is -2.26. The van der Waals surface area contributed by atoms with Crippen LogP contribution in [0.4, 0.5) is 0 Å². The molecule has 1 unspecified atom stereocenters. The molecule has 160 valence electrons. The summed E-state index contributed by atoms with van der Waals surface area (Å²) >= 11 is 3.46. The molecule has 0 radical (unpaired) electrons. The lowest BCUT2D eigenvalue weighted by atomic mass is 10.0. The van der Waals surface area contributed by atoms with E-state index in [1.165, 1.54) is 10.4 Å². The summed E-state index contributed by atoms with van der Waals surface area (Å²) in [4.78, 5) is 12.7. The fraction of sp³-hybridized carbons (Fsp3) is 0.318. The highest BCUT2D eigenvalue weighted by atomic mass is 79.9. The van der Waals surface area contributed by atoms with Crippen LogP contribution in [0.3, 0.4) is 0 Å². The van der Waals surface area contributed by atoms with Crippen molar-refractivity contribution in [2.24, 2.45) is 0 Å². The van der Waals surface area contributed by atoms with Crippen molar-refractivity contribution in [1.82, 2.24) is 9.62 Å². The number of hydrogen-bond acceptors (Lipinski definition) is 4. The number of nitrogens with one attached hydrogen (secondary N) is 1. The molecule has 1 aliphatic heterocycles. The minimum Gasteiger partial charge on any atom is -0.493 e. The summed E-state index contributed by atoms with van der Waals surface area (Å²) in [5.41, 5.74) is 1.70. The Hall–Kier alpha value is -2.16. The van der Waals surface area contributed by atoms with Crippen LogP contribution in [0.2, 0.25) is 0 Å². The molecule has 0 spiro atoms. The van der Waals surface area contributed by atoms with E-state index in [-0.39, 0.29) is 16.8 Å². The molecule has 2 aromatic carbocycles. The third kappa shape index (κ3) is 5.11. The quantitative estimate of drug-likeness (QED) is 0.589. The molecule has 0 bridgehead atoms. The van der Waals surface area contributed by atoms with Gasteiger partial charge in [-0.3, -0.25) is 4.79 Å². The number of sulfonamides is 1. The Morgan fingerprint density at radius 1 is 1.20 bits per heavy atom. The van der Waals surface area contributed by atoms with E-state index in [0.717, 1.165) is 21.3 Å². The Morgan fingerprint density at radius 3 is 2.57 bits per heavy atom. The number of fused-ring (bicyclic) bond motifs is 1. The summed E-state index contributed by atoms with van der Waals surface area (Å²) in [7, 11) is -3.49. The zero-order valence-electron chi connectivity index (χ0n) is 17.0. The van der Waals surface area contributed by atoms with Gasteiger partial charge in [-0.05, 0) is 42.0 Å². The smallest absolute Gasteiger partial charge is 0.244 e. The number of amides is 1. The molecule has 0 aromatic heterocycles. The first kappa shape index (κ1) is 22.5. The molecule has 1 heterocycles. The van der Waals surface area contributed by atoms with Crippen LogP contribution in [-0.4, -0.2) is 38.3 Å². The Balaban J connectivity index is 1.67. The van der Waals surface area contributed by atoms with E-state index in [1.54, 1.807) is 30.3 Å². The summed E-state index contributed by atoms with van der Waals surface area (Å²) in [6, 6.07) is 12.2. The number of rotatable bonds is 7. The number of halogens is 1. The van der Waals surface area contributed by atoms with Crippen LogP contribution >= 0.6 is 15.9 Å². The number of carbonyl (C=O) groups is 1. The number of hydrogen-bond donors (Lipinski definition) is 1. The minimum absolute atomic E-state index is 0.120. The molecule has 8 heteroatoms. The number of carbonyl (C=O) groups excluding carboxylic acids is 1. The molecule has 1 atom stereocenters. The van der Waals surface area contributed by atoms with Gasteiger partial charge in [0.25, 0.3) is 0 Å². The molecular formula is C22H25BrN2O4S. The summed E-state index contributed by atoms with van der Waals surface area (Å²) in [5.74, 6) is 0.566. The van der Waals surface area contributed by atoms with E-state index in [9.17, 15) is 13.2 Å². The first-order chi connectivity index (χ1) is 14.3. The zero-order chi connectivity index (χ0) is 21.7. The minimum atomic E-state index is -3.49. The molecule has 1 aliphatic rings. The Morgan fingerprint density at radius 2 is 1.90 bits per heavy atom. The topological polar surface area (TPSA) is 75.7 Å². The molecule has 6 nitrogen and oxygen atoms in total. The normalized spacial score (nSPS) is 16.3. The van der Waals surface area contributed by atoms with Crippen LogP contribution in [0.1, 0.15) is 37.4 Å². The first-order valence-corrected chi connectivity index (χ1v) is 12.1. The summed E-state index contributed by atoms with van der Waals surface area (Å²) < 4.78 is 33.1. The van der Waals surface area contributed by atoms with E-state index < -0.39 is 10.0 Å². The van der Waals surface area contributed by atoms with Crippen molar-refractivity contribution in [3.63, 3.8) is 0 Å². The second-order valence-corrected chi connectivity index (χ2v) is 9.73. The number of benzene rings is 2. The Bertz CT molecular complexity index is 1030. The highest BCUT2D eigenvalue weighted by molar-refractivity contribution is 9.10. The van der Waals surface area contributed by atoms with E-state index in [4.69, 9.17) is 4.74 Å². The maximum absolute atomic E-state index is 12.5. The van der Waals surface area contributed by atoms with Crippen LogP contribution in [0.15, 0.2) is 57.9 Å². The van der Waals surface area contributed by atoms with Gasteiger partial charge in [0.1, 0.15) is 5.75 Å². The molecule has 0 saturated heterocycles. The molecule has 0 saturated carbocycles. The van der Waals surface area contributed by atoms with Gasteiger partial charge in [-0.2, -0.15) is 4.31 Å². The fourth-order valence-corrected chi connectivity index (χ4v) is 5.21. The average molecular weight is 493 g/mol. The zero-order valence-corrected chi connectivity index (χ0v) is 19.4. The van der Waals surface area contributed by atoms with Gasteiger partial charge < -0.3 is 10.1 Å². The Labute approximate surface area is 186 Å². The van der Waals surface area contributed by atoms with Crippen molar-refractivity contribution in [3.8, 4) is 5.75 Å². The van der Waals surface area contributed by atoms with Crippen molar-refractivity contribution in [2.75, 3.05) is 19.7 Å². The highest BCUT2D eigenvalue weighted by Gasteiger charge is 2.23. The second kappa shape index (κ2) is 9.76. The third-order valence-electron chi connectivity index (χ3n) is 4.98. The first-order valence-electron chi connectivity index (χ1n) is 9.86. The summed E-state index contributed by atoms with van der Waals surface area (Å²) in [5, 5.41) is 3.01. The van der Waals surface area contributed by atoms with E-state index in [1.807, 2.05) is 32.0 Å². The molecule has 3 rings (SSSR count). The largest absolute Gasteiger partial charge is 0.493 e. The van der Waals surface area contributed by atoms with Gasteiger partial charge in [0.05, 0.1) is 17.5 Å². The van der Waals surface area contributed by atoms with Crippen LogP contribution in [0, 0.1) is 0 Å². The van der Waals surface area contributed by atoms with E-state index >= 15 is 0 Å². The van der Waals surface area contributed by atoms with Gasteiger partial charge in [-0.1, -0.05) is 41.9 Å². The summed E-state index contributed by atoms with van der Waals surface area (Å²) in [6.07, 6.45) is 3.83. The predicted molar refractivity (Wildman–Crippen MR) is 121 cm³/mol.